The third-order valence-corrected chi connectivity index (χ3v) is 7.74. The van der Waals surface area contributed by atoms with Crippen LogP contribution in [0.5, 0.6) is 5.75 Å². The Morgan fingerprint density at radius 2 is 1.89 bits per heavy atom. The van der Waals surface area contributed by atoms with E-state index in [1.54, 1.807) is 42.5 Å². The smallest absolute Gasteiger partial charge is 0.274 e. The lowest BCUT2D eigenvalue weighted by Crippen LogP contribution is -2.37. The monoisotopic (exact) mass is 414 g/mol. The molecule has 0 N–H and O–H groups in total. The van der Waals surface area contributed by atoms with E-state index < -0.39 is 15.8 Å². The molecule has 5 nitrogen and oxygen atoms in total. The summed E-state index contributed by atoms with van der Waals surface area (Å²) in [5, 5.41) is 8.89. The van der Waals surface area contributed by atoms with Crippen molar-refractivity contribution in [1.82, 2.24) is 0 Å². The Balaban J connectivity index is 1.80. The van der Waals surface area contributed by atoms with Crippen LogP contribution in [0.4, 0.5) is 10.1 Å². The molecule has 8 heteroatoms. The zero-order valence-electron chi connectivity index (χ0n) is 14.8. The number of hydrogen-bond donors (Lipinski definition) is 0. The van der Waals surface area contributed by atoms with Crippen LogP contribution < -0.4 is 9.04 Å². The third kappa shape index (κ3) is 3.13. The van der Waals surface area contributed by atoms with Crippen LogP contribution >= 0.6 is 11.3 Å². The zero-order chi connectivity index (χ0) is 19.9. The number of ether oxygens (including phenoxy) is 1. The lowest BCUT2D eigenvalue weighted by atomic mass is 10.0. The van der Waals surface area contributed by atoms with Crippen molar-refractivity contribution >= 4 is 27.0 Å². The first kappa shape index (κ1) is 18.5. The molecule has 1 aliphatic rings. The number of thiophene rings is 1. The van der Waals surface area contributed by atoms with Gasteiger partial charge in [-0.25, -0.2) is 12.8 Å². The summed E-state index contributed by atoms with van der Waals surface area (Å²) in [5.74, 6) is -0.159. The molecule has 0 amide bonds. The van der Waals surface area contributed by atoms with Gasteiger partial charge in [0.1, 0.15) is 28.5 Å². The van der Waals surface area contributed by atoms with Gasteiger partial charge in [-0.15, -0.1) is 11.3 Å². The van der Waals surface area contributed by atoms with Crippen molar-refractivity contribution in [3.05, 3.63) is 64.8 Å². The van der Waals surface area contributed by atoms with Crippen LogP contribution in [-0.4, -0.2) is 21.6 Å². The topological polar surface area (TPSA) is 70.4 Å². The van der Waals surface area contributed by atoms with E-state index in [0.29, 0.717) is 22.6 Å². The third-order valence-electron chi connectivity index (χ3n) is 4.46. The summed E-state index contributed by atoms with van der Waals surface area (Å²) in [6.45, 7) is 2.30. The average Bonchev–Trinajstić information content (AvgIpc) is 3.14. The van der Waals surface area contributed by atoms with E-state index in [0.717, 1.165) is 4.88 Å². The van der Waals surface area contributed by atoms with E-state index in [1.807, 2.05) is 6.92 Å². The molecule has 3 aromatic rings. The Morgan fingerprint density at radius 3 is 2.57 bits per heavy atom. The Kier molecular flexibility index (Phi) is 4.57. The summed E-state index contributed by atoms with van der Waals surface area (Å²) in [7, 11) is -3.72. The summed E-state index contributed by atoms with van der Waals surface area (Å²) < 4.78 is 47.5. The second kappa shape index (κ2) is 6.93. The largest absolute Gasteiger partial charge is 0.489 e. The number of nitrogens with zero attached hydrogens (tertiary/aromatic N) is 2. The first-order chi connectivity index (χ1) is 13.4. The predicted octanol–water partition coefficient (Wildman–Crippen LogP) is 4.32. The van der Waals surface area contributed by atoms with Gasteiger partial charge < -0.3 is 4.74 Å². The van der Waals surface area contributed by atoms with Crippen LogP contribution in [0.1, 0.15) is 10.4 Å². The van der Waals surface area contributed by atoms with Gasteiger partial charge in [-0.2, -0.15) is 5.26 Å². The number of fused-ring (bicyclic) bond motifs is 1. The zero-order valence-corrected chi connectivity index (χ0v) is 16.5. The van der Waals surface area contributed by atoms with Crippen LogP contribution in [-0.2, 0) is 10.0 Å². The van der Waals surface area contributed by atoms with Gasteiger partial charge in [0, 0.05) is 4.88 Å². The maximum absolute atomic E-state index is 14.0. The number of anilines is 1. The highest BCUT2D eigenvalue weighted by Crippen LogP contribution is 2.39. The minimum absolute atomic E-state index is 0.0395. The number of halogens is 1. The lowest BCUT2D eigenvalue weighted by molar-refractivity contribution is 0.316. The number of rotatable bonds is 3. The van der Waals surface area contributed by atoms with Gasteiger partial charge in [-0.3, -0.25) is 4.31 Å². The molecular weight excluding hydrogens is 399 g/mol. The molecule has 0 unspecified atom stereocenters. The van der Waals surface area contributed by atoms with Crippen LogP contribution in [0.15, 0.2) is 52.7 Å². The molecule has 4 rings (SSSR count). The van der Waals surface area contributed by atoms with Crippen LogP contribution in [0.2, 0.25) is 0 Å². The first-order valence-electron chi connectivity index (χ1n) is 8.46. The standard InChI is InChI=1S/C20H15FN2O3S2/c1-13-2-7-20(27-13)28(24,25)23-8-9-26-19-6-5-15(11-18(19)23)14-3-4-16(12-22)17(21)10-14/h2-7,10-11H,8-9H2,1H3. The Morgan fingerprint density at radius 1 is 1.14 bits per heavy atom. The summed E-state index contributed by atoms with van der Waals surface area (Å²) in [5.41, 5.74) is 1.56. The summed E-state index contributed by atoms with van der Waals surface area (Å²) in [6, 6.07) is 14.6. The molecule has 1 aliphatic heterocycles. The highest BCUT2D eigenvalue weighted by molar-refractivity contribution is 7.94. The predicted molar refractivity (Wildman–Crippen MR) is 106 cm³/mol. The molecular formula is C20H15FN2O3S2. The maximum atomic E-state index is 14.0. The number of nitriles is 1. The van der Waals surface area contributed by atoms with Crippen molar-refractivity contribution in [2.45, 2.75) is 11.1 Å². The van der Waals surface area contributed by atoms with E-state index in [9.17, 15) is 12.8 Å². The molecule has 0 bridgehead atoms. The minimum atomic E-state index is -3.72. The van der Waals surface area contributed by atoms with Gasteiger partial charge in [-0.1, -0.05) is 12.1 Å². The molecule has 0 saturated carbocycles. The molecule has 1 aromatic heterocycles. The number of sulfonamides is 1. The fourth-order valence-electron chi connectivity index (χ4n) is 3.07. The van der Waals surface area contributed by atoms with Crippen LogP contribution in [0, 0.1) is 24.1 Å². The molecule has 0 atom stereocenters. The van der Waals surface area contributed by atoms with E-state index in [4.69, 9.17) is 10.00 Å². The van der Waals surface area contributed by atoms with Gasteiger partial charge in [0.15, 0.2) is 0 Å². The number of benzene rings is 2. The molecule has 0 fully saturated rings. The number of aryl methyl sites for hydroxylation is 1. The van der Waals surface area contributed by atoms with Crippen molar-refractivity contribution in [3.8, 4) is 22.9 Å². The van der Waals surface area contributed by atoms with Crippen LogP contribution in [0.3, 0.4) is 0 Å². The van der Waals surface area contributed by atoms with Crippen molar-refractivity contribution in [2.75, 3.05) is 17.5 Å². The highest BCUT2D eigenvalue weighted by atomic mass is 32.2. The Hall–Kier alpha value is -2.89. The molecule has 2 heterocycles. The molecule has 28 heavy (non-hydrogen) atoms. The van der Waals surface area contributed by atoms with E-state index in [1.165, 1.54) is 27.8 Å². The van der Waals surface area contributed by atoms with Crippen molar-refractivity contribution in [2.24, 2.45) is 0 Å². The summed E-state index contributed by atoms with van der Waals surface area (Å²) in [4.78, 5) is 0.911. The summed E-state index contributed by atoms with van der Waals surface area (Å²) in [6.07, 6.45) is 0. The average molecular weight is 414 g/mol. The van der Waals surface area contributed by atoms with E-state index in [-0.39, 0.29) is 22.9 Å². The summed E-state index contributed by atoms with van der Waals surface area (Å²) >= 11 is 1.22. The fraction of sp³-hybridized carbons (Fsp3) is 0.150. The van der Waals surface area contributed by atoms with Gasteiger partial charge in [0.25, 0.3) is 10.0 Å². The second-order valence-corrected chi connectivity index (χ2v) is 9.66. The lowest BCUT2D eigenvalue weighted by Gasteiger charge is -2.30. The maximum Gasteiger partial charge on any atom is 0.274 e. The second-order valence-electron chi connectivity index (χ2n) is 6.28. The van der Waals surface area contributed by atoms with Crippen molar-refractivity contribution < 1.29 is 17.5 Å². The quantitative estimate of drug-likeness (QED) is 0.640. The van der Waals surface area contributed by atoms with Gasteiger partial charge in [-0.05, 0) is 54.4 Å². The molecule has 0 spiro atoms. The highest BCUT2D eigenvalue weighted by Gasteiger charge is 2.31. The van der Waals surface area contributed by atoms with Gasteiger partial charge in [0.2, 0.25) is 0 Å². The molecule has 2 aromatic carbocycles. The molecule has 0 aliphatic carbocycles. The first-order valence-corrected chi connectivity index (χ1v) is 10.7. The van der Waals surface area contributed by atoms with Crippen molar-refractivity contribution in [1.29, 1.82) is 5.26 Å². The van der Waals surface area contributed by atoms with E-state index >= 15 is 0 Å². The van der Waals surface area contributed by atoms with Crippen molar-refractivity contribution in [3.63, 3.8) is 0 Å². The molecule has 0 radical (unpaired) electrons. The van der Waals surface area contributed by atoms with E-state index in [2.05, 4.69) is 0 Å². The SMILES string of the molecule is Cc1ccc(S(=O)(=O)N2CCOc3ccc(-c4ccc(C#N)c(F)c4)cc32)s1. The van der Waals surface area contributed by atoms with Gasteiger partial charge in [0.05, 0.1) is 17.8 Å². The normalized spacial score (nSPS) is 13.5. The minimum Gasteiger partial charge on any atom is -0.489 e. The molecule has 142 valence electrons. The van der Waals surface area contributed by atoms with Crippen LogP contribution in [0.25, 0.3) is 11.1 Å². The Bertz CT molecular complexity index is 1210. The molecule has 0 saturated heterocycles. The number of hydrogen-bond acceptors (Lipinski definition) is 5. The fourth-order valence-corrected chi connectivity index (χ4v) is 5.92. The Labute approximate surface area is 166 Å². The van der Waals surface area contributed by atoms with Gasteiger partial charge >= 0.3 is 0 Å².